The molecule has 3 rings (SSSR count). The second kappa shape index (κ2) is 5.21. The number of carbonyl (C=O) groups is 2. The van der Waals surface area contributed by atoms with E-state index in [9.17, 15) is 9.59 Å². The summed E-state index contributed by atoms with van der Waals surface area (Å²) in [7, 11) is 1.78. The van der Waals surface area contributed by atoms with Gasteiger partial charge in [0.2, 0.25) is 11.8 Å². The van der Waals surface area contributed by atoms with Crippen LogP contribution >= 0.6 is 11.3 Å². The number of thiazole rings is 1. The third kappa shape index (κ3) is 2.39. The number of hydrogen-bond donors (Lipinski definition) is 1. The third-order valence-corrected chi connectivity index (χ3v) is 4.67. The maximum absolute atomic E-state index is 12.3. The van der Waals surface area contributed by atoms with E-state index in [1.807, 2.05) is 37.4 Å². The van der Waals surface area contributed by atoms with E-state index in [4.69, 9.17) is 0 Å². The summed E-state index contributed by atoms with van der Waals surface area (Å²) in [4.78, 5) is 30.0. The lowest BCUT2D eigenvalue weighted by molar-refractivity contribution is -0.121. The predicted octanol–water partition coefficient (Wildman–Crippen LogP) is 2.58. The molecule has 0 bridgehead atoms. The van der Waals surface area contributed by atoms with Crippen LogP contribution in [-0.2, 0) is 21.4 Å². The minimum atomic E-state index is -0.550. The monoisotopic (exact) mass is 315 g/mol. The summed E-state index contributed by atoms with van der Waals surface area (Å²) < 4.78 is 0. The maximum atomic E-state index is 12.3. The highest BCUT2D eigenvalue weighted by atomic mass is 32.1. The van der Waals surface area contributed by atoms with Crippen molar-refractivity contribution in [3.63, 3.8) is 0 Å². The summed E-state index contributed by atoms with van der Waals surface area (Å²) in [5, 5.41) is 5.18. The minimum Gasteiger partial charge on any atom is -0.314 e. The van der Waals surface area contributed by atoms with Crippen LogP contribution in [0.15, 0.2) is 29.8 Å². The molecule has 2 amide bonds. The van der Waals surface area contributed by atoms with E-state index in [0.29, 0.717) is 5.13 Å². The molecule has 0 spiro atoms. The van der Waals surface area contributed by atoms with Gasteiger partial charge in [0.05, 0.1) is 11.8 Å². The van der Waals surface area contributed by atoms with Crippen molar-refractivity contribution >= 4 is 34.0 Å². The average Bonchev–Trinajstić information content (AvgIpc) is 3.03. The van der Waals surface area contributed by atoms with Crippen molar-refractivity contribution in [2.45, 2.75) is 25.7 Å². The van der Waals surface area contributed by atoms with Crippen LogP contribution in [-0.4, -0.2) is 23.8 Å². The highest BCUT2D eigenvalue weighted by Crippen LogP contribution is 2.41. The van der Waals surface area contributed by atoms with Crippen LogP contribution in [0.4, 0.5) is 10.8 Å². The topological polar surface area (TPSA) is 62.3 Å². The van der Waals surface area contributed by atoms with Crippen LogP contribution in [0, 0.1) is 0 Å². The van der Waals surface area contributed by atoms with Crippen molar-refractivity contribution in [2.24, 2.45) is 0 Å². The normalized spacial score (nSPS) is 15.8. The summed E-state index contributed by atoms with van der Waals surface area (Å²) in [6.45, 7) is 3.83. The van der Waals surface area contributed by atoms with Gasteiger partial charge < -0.3 is 10.2 Å². The molecular weight excluding hydrogens is 298 g/mol. The number of likely N-dealkylation sites (N-methyl/N-ethyl adjacent to an activating group) is 1. The third-order valence-electron chi connectivity index (χ3n) is 3.98. The van der Waals surface area contributed by atoms with Crippen LogP contribution in [0.1, 0.15) is 25.0 Å². The van der Waals surface area contributed by atoms with E-state index >= 15 is 0 Å². The van der Waals surface area contributed by atoms with Gasteiger partial charge in [-0.1, -0.05) is 12.1 Å². The van der Waals surface area contributed by atoms with Crippen LogP contribution < -0.4 is 10.2 Å². The fourth-order valence-corrected chi connectivity index (χ4v) is 3.31. The SMILES string of the molecule is CN1C(=O)C(C)(C)c2cc(CC(=O)Nc3nccs3)ccc21. The lowest BCUT2D eigenvalue weighted by Gasteiger charge is -2.16. The van der Waals surface area contributed by atoms with Gasteiger partial charge in [0.15, 0.2) is 5.13 Å². The molecule has 114 valence electrons. The quantitative estimate of drug-likeness (QED) is 0.947. The predicted molar refractivity (Wildman–Crippen MR) is 87.3 cm³/mol. The molecule has 0 unspecified atom stereocenters. The molecule has 2 heterocycles. The average molecular weight is 315 g/mol. The van der Waals surface area contributed by atoms with Crippen molar-refractivity contribution in [3.8, 4) is 0 Å². The maximum Gasteiger partial charge on any atom is 0.236 e. The first kappa shape index (κ1) is 14.7. The number of nitrogens with one attached hydrogen (secondary N) is 1. The first-order valence-corrected chi connectivity index (χ1v) is 7.88. The van der Waals surface area contributed by atoms with Gasteiger partial charge in [-0.25, -0.2) is 4.98 Å². The number of hydrogen-bond acceptors (Lipinski definition) is 4. The Morgan fingerprint density at radius 2 is 2.18 bits per heavy atom. The summed E-state index contributed by atoms with van der Waals surface area (Å²) in [5.74, 6) is -0.0303. The molecule has 0 fully saturated rings. The summed E-state index contributed by atoms with van der Waals surface area (Å²) >= 11 is 1.39. The fraction of sp³-hybridized carbons (Fsp3) is 0.312. The summed E-state index contributed by atoms with van der Waals surface area (Å²) in [5.41, 5.74) is 2.23. The number of rotatable bonds is 3. The number of carbonyl (C=O) groups excluding carboxylic acids is 2. The number of fused-ring (bicyclic) bond motifs is 1. The Bertz CT molecular complexity index is 738. The number of benzene rings is 1. The van der Waals surface area contributed by atoms with E-state index in [2.05, 4.69) is 10.3 Å². The Kier molecular flexibility index (Phi) is 3.48. The molecular formula is C16H17N3O2S. The molecule has 5 nitrogen and oxygen atoms in total. The molecule has 0 radical (unpaired) electrons. The number of amides is 2. The lowest BCUT2D eigenvalue weighted by Crippen LogP contribution is -2.33. The van der Waals surface area contributed by atoms with Crippen LogP contribution in [0.5, 0.6) is 0 Å². The number of aromatic nitrogens is 1. The molecule has 22 heavy (non-hydrogen) atoms. The highest BCUT2D eigenvalue weighted by molar-refractivity contribution is 7.13. The number of anilines is 2. The minimum absolute atomic E-state index is 0.0758. The number of nitrogens with zero attached hydrogens (tertiary/aromatic N) is 2. The summed E-state index contributed by atoms with van der Waals surface area (Å²) in [6.07, 6.45) is 1.92. The molecule has 6 heteroatoms. The zero-order valence-corrected chi connectivity index (χ0v) is 13.5. The first-order valence-electron chi connectivity index (χ1n) is 7.00. The van der Waals surface area contributed by atoms with Gasteiger partial charge in [-0.3, -0.25) is 9.59 Å². The second-order valence-electron chi connectivity index (χ2n) is 5.90. The van der Waals surface area contributed by atoms with Crippen LogP contribution in [0.2, 0.25) is 0 Å². The second-order valence-corrected chi connectivity index (χ2v) is 6.80. The largest absolute Gasteiger partial charge is 0.314 e. The molecule has 0 atom stereocenters. The Hall–Kier alpha value is -2.21. The first-order chi connectivity index (χ1) is 10.4. The molecule has 1 aromatic carbocycles. The van der Waals surface area contributed by atoms with E-state index in [1.165, 1.54) is 11.3 Å². The van der Waals surface area contributed by atoms with Gasteiger partial charge in [0, 0.05) is 24.3 Å². The van der Waals surface area contributed by atoms with Gasteiger partial charge in [0.1, 0.15) is 0 Å². The molecule has 2 aromatic rings. The molecule has 1 aliphatic heterocycles. The van der Waals surface area contributed by atoms with E-state index in [0.717, 1.165) is 16.8 Å². The zero-order valence-electron chi connectivity index (χ0n) is 12.7. The van der Waals surface area contributed by atoms with Crippen LogP contribution in [0.25, 0.3) is 0 Å². The zero-order chi connectivity index (χ0) is 15.9. The van der Waals surface area contributed by atoms with Crippen molar-refractivity contribution in [3.05, 3.63) is 40.9 Å². The van der Waals surface area contributed by atoms with Gasteiger partial charge in [-0.15, -0.1) is 11.3 Å². The van der Waals surface area contributed by atoms with Crippen molar-refractivity contribution in [1.82, 2.24) is 4.98 Å². The molecule has 0 saturated carbocycles. The highest BCUT2D eigenvalue weighted by Gasteiger charge is 2.42. The molecule has 1 N–H and O–H groups in total. The Balaban J connectivity index is 1.81. The standard InChI is InChI=1S/C16H17N3O2S/c1-16(2)11-8-10(4-5-12(11)19(3)14(16)21)9-13(20)18-15-17-6-7-22-15/h4-8H,9H2,1-3H3,(H,17,18,20). The van der Waals surface area contributed by atoms with E-state index in [1.54, 1.807) is 18.1 Å². The van der Waals surface area contributed by atoms with Crippen molar-refractivity contribution < 1.29 is 9.59 Å². The van der Waals surface area contributed by atoms with Gasteiger partial charge >= 0.3 is 0 Å². The fourth-order valence-electron chi connectivity index (χ4n) is 2.76. The lowest BCUT2D eigenvalue weighted by atomic mass is 9.85. The van der Waals surface area contributed by atoms with Crippen molar-refractivity contribution in [1.29, 1.82) is 0 Å². The molecule has 1 aromatic heterocycles. The van der Waals surface area contributed by atoms with E-state index < -0.39 is 5.41 Å². The van der Waals surface area contributed by atoms with Gasteiger partial charge in [-0.2, -0.15) is 0 Å². The smallest absolute Gasteiger partial charge is 0.236 e. The van der Waals surface area contributed by atoms with Gasteiger partial charge in [-0.05, 0) is 31.0 Å². The Morgan fingerprint density at radius 3 is 2.86 bits per heavy atom. The molecule has 1 aliphatic rings. The molecule has 0 aliphatic carbocycles. The summed E-state index contributed by atoms with van der Waals surface area (Å²) in [6, 6.07) is 5.76. The Morgan fingerprint density at radius 1 is 1.41 bits per heavy atom. The van der Waals surface area contributed by atoms with Crippen molar-refractivity contribution in [2.75, 3.05) is 17.3 Å². The Labute approximate surface area is 133 Å². The van der Waals surface area contributed by atoms with Gasteiger partial charge in [0.25, 0.3) is 0 Å². The van der Waals surface area contributed by atoms with Crippen LogP contribution in [0.3, 0.4) is 0 Å². The van der Waals surface area contributed by atoms with E-state index in [-0.39, 0.29) is 18.2 Å². The molecule has 0 saturated heterocycles.